The maximum Gasteiger partial charge on any atom is 0.228 e. The molecule has 102 valence electrons. The molecule has 2 heterocycles. The topological polar surface area (TPSA) is 67.1 Å². The average molecular weight is 289 g/mol. The highest BCUT2D eigenvalue weighted by atomic mass is 35.5. The Balaban J connectivity index is 1.88. The van der Waals surface area contributed by atoms with Crippen LogP contribution < -0.4 is 10.6 Å². The lowest BCUT2D eigenvalue weighted by Crippen LogP contribution is -2.04. The van der Waals surface area contributed by atoms with Crippen LogP contribution in [0.25, 0.3) is 5.65 Å². The molecule has 0 aliphatic carbocycles. The number of nitrogens with one attached hydrogen (secondary N) is 2. The van der Waals surface area contributed by atoms with E-state index < -0.39 is 0 Å². The first-order valence-corrected chi connectivity index (χ1v) is 6.52. The van der Waals surface area contributed by atoms with Crippen LogP contribution in [0.15, 0.2) is 36.7 Å². The number of fused-ring (bicyclic) bond motifs is 1. The third-order valence-electron chi connectivity index (χ3n) is 2.95. The number of hydrogen-bond donors (Lipinski definition) is 2. The first-order valence-electron chi connectivity index (χ1n) is 6.14. The Morgan fingerprint density at radius 2 is 2.10 bits per heavy atom. The fraction of sp³-hybridized carbons (Fsp3) is 0.154. The monoisotopic (exact) mass is 288 g/mol. The van der Waals surface area contributed by atoms with Crippen molar-refractivity contribution in [1.29, 1.82) is 0 Å². The van der Waals surface area contributed by atoms with Gasteiger partial charge in [-0.25, -0.2) is 4.98 Å². The summed E-state index contributed by atoms with van der Waals surface area (Å²) in [6, 6.07) is 7.69. The molecule has 2 N–H and O–H groups in total. The maximum absolute atomic E-state index is 6.13. The molecule has 0 saturated heterocycles. The van der Waals surface area contributed by atoms with Crippen molar-refractivity contribution in [2.45, 2.75) is 6.54 Å². The molecule has 3 rings (SSSR count). The van der Waals surface area contributed by atoms with Gasteiger partial charge in [-0.15, -0.1) is 10.2 Å². The summed E-state index contributed by atoms with van der Waals surface area (Å²) in [5, 5.41) is 15.1. The predicted molar refractivity (Wildman–Crippen MR) is 79.1 cm³/mol. The van der Waals surface area contributed by atoms with Crippen molar-refractivity contribution >= 4 is 29.0 Å². The van der Waals surface area contributed by atoms with Crippen molar-refractivity contribution in [2.24, 2.45) is 0 Å². The normalized spacial score (nSPS) is 10.7. The highest BCUT2D eigenvalue weighted by Gasteiger charge is 2.09. The summed E-state index contributed by atoms with van der Waals surface area (Å²) in [4.78, 5) is 4.29. The number of nitrogens with zero attached hydrogens (tertiary/aromatic N) is 4. The fourth-order valence-electron chi connectivity index (χ4n) is 1.94. The van der Waals surface area contributed by atoms with Crippen LogP contribution in [0.3, 0.4) is 0 Å². The van der Waals surface area contributed by atoms with E-state index in [1.165, 1.54) is 0 Å². The van der Waals surface area contributed by atoms with Crippen LogP contribution in [0.2, 0.25) is 5.02 Å². The smallest absolute Gasteiger partial charge is 0.228 e. The second kappa shape index (κ2) is 5.34. The Bertz CT molecular complexity index is 739. The lowest BCUT2D eigenvalue weighted by molar-refractivity contribution is 1.07. The quantitative estimate of drug-likeness (QED) is 0.772. The highest BCUT2D eigenvalue weighted by molar-refractivity contribution is 6.31. The third-order valence-corrected chi connectivity index (χ3v) is 3.32. The number of halogens is 1. The van der Waals surface area contributed by atoms with Gasteiger partial charge < -0.3 is 10.6 Å². The van der Waals surface area contributed by atoms with Gasteiger partial charge in [-0.2, -0.15) is 0 Å². The standard InChI is InChI=1S/C13H13ClN6/c1-15-13-19-18-12-11(16-6-7-20(12)13)17-8-9-4-2-3-5-10(9)14/h2-7H,8H2,1H3,(H,15,19)(H,16,17). The van der Waals surface area contributed by atoms with E-state index in [1.807, 2.05) is 34.9 Å². The lowest BCUT2D eigenvalue weighted by atomic mass is 10.2. The van der Waals surface area contributed by atoms with Gasteiger partial charge >= 0.3 is 0 Å². The first-order chi connectivity index (χ1) is 9.79. The third kappa shape index (κ3) is 2.25. The van der Waals surface area contributed by atoms with E-state index in [1.54, 1.807) is 13.2 Å². The van der Waals surface area contributed by atoms with Crippen LogP contribution in [0, 0.1) is 0 Å². The van der Waals surface area contributed by atoms with Gasteiger partial charge in [0.25, 0.3) is 0 Å². The second-order valence-electron chi connectivity index (χ2n) is 4.19. The molecule has 0 unspecified atom stereocenters. The van der Waals surface area contributed by atoms with Gasteiger partial charge in [0.2, 0.25) is 11.6 Å². The van der Waals surface area contributed by atoms with Gasteiger partial charge in [0.05, 0.1) is 0 Å². The van der Waals surface area contributed by atoms with Crippen LogP contribution in [0.4, 0.5) is 11.8 Å². The number of benzene rings is 1. The molecule has 0 fully saturated rings. The molecule has 0 spiro atoms. The molecular formula is C13H13ClN6. The van der Waals surface area contributed by atoms with Crippen LogP contribution in [0.1, 0.15) is 5.56 Å². The number of anilines is 2. The van der Waals surface area contributed by atoms with Crippen molar-refractivity contribution < 1.29 is 0 Å². The van der Waals surface area contributed by atoms with Crippen molar-refractivity contribution in [2.75, 3.05) is 17.7 Å². The van der Waals surface area contributed by atoms with E-state index in [0.717, 1.165) is 10.6 Å². The Morgan fingerprint density at radius 1 is 1.25 bits per heavy atom. The zero-order valence-corrected chi connectivity index (χ0v) is 11.6. The van der Waals surface area contributed by atoms with Gasteiger partial charge in [-0.1, -0.05) is 29.8 Å². The molecule has 0 amide bonds. The number of hydrogen-bond acceptors (Lipinski definition) is 5. The van der Waals surface area contributed by atoms with Crippen molar-refractivity contribution in [1.82, 2.24) is 19.6 Å². The Hall–Kier alpha value is -2.34. The van der Waals surface area contributed by atoms with Crippen LogP contribution in [-0.4, -0.2) is 26.6 Å². The maximum atomic E-state index is 6.13. The lowest BCUT2D eigenvalue weighted by Gasteiger charge is -2.08. The molecular weight excluding hydrogens is 276 g/mol. The SMILES string of the molecule is CNc1nnc2c(NCc3ccccc3Cl)nccn12. The summed E-state index contributed by atoms with van der Waals surface area (Å²) < 4.78 is 1.84. The number of rotatable bonds is 4. The molecule has 7 heteroatoms. The molecule has 0 radical (unpaired) electrons. The zero-order valence-electron chi connectivity index (χ0n) is 10.8. The van der Waals surface area contributed by atoms with Crippen molar-refractivity contribution in [3.05, 3.63) is 47.2 Å². The Kier molecular flexibility index (Phi) is 3.39. The largest absolute Gasteiger partial charge is 0.363 e. The minimum atomic E-state index is 0.577. The van der Waals surface area contributed by atoms with Gasteiger partial charge in [0, 0.05) is 31.0 Å². The molecule has 2 aromatic heterocycles. The van der Waals surface area contributed by atoms with Crippen LogP contribution >= 0.6 is 11.6 Å². The molecule has 0 saturated carbocycles. The van der Waals surface area contributed by atoms with Crippen molar-refractivity contribution in [3.8, 4) is 0 Å². The summed E-state index contributed by atoms with van der Waals surface area (Å²) >= 11 is 6.13. The Labute approximate surface area is 120 Å². The van der Waals surface area contributed by atoms with E-state index in [2.05, 4.69) is 25.8 Å². The molecule has 20 heavy (non-hydrogen) atoms. The number of aromatic nitrogens is 4. The summed E-state index contributed by atoms with van der Waals surface area (Å²) in [5.74, 6) is 1.34. The highest BCUT2D eigenvalue weighted by Crippen LogP contribution is 2.19. The van der Waals surface area contributed by atoms with Crippen LogP contribution in [0.5, 0.6) is 0 Å². The molecule has 0 atom stereocenters. The summed E-state index contributed by atoms with van der Waals surface area (Å²) in [6.45, 7) is 0.577. The van der Waals surface area contributed by atoms with Gasteiger partial charge in [-0.3, -0.25) is 4.40 Å². The summed E-state index contributed by atoms with van der Waals surface area (Å²) in [7, 11) is 1.80. The molecule has 0 bridgehead atoms. The average Bonchev–Trinajstić information content (AvgIpc) is 2.90. The van der Waals surface area contributed by atoms with E-state index in [9.17, 15) is 0 Å². The van der Waals surface area contributed by atoms with E-state index in [4.69, 9.17) is 11.6 Å². The molecule has 1 aromatic carbocycles. The molecule has 0 aliphatic rings. The summed E-state index contributed by atoms with van der Waals surface area (Å²) in [5.41, 5.74) is 1.68. The van der Waals surface area contributed by atoms with Gasteiger partial charge in [0.15, 0.2) is 5.82 Å². The van der Waals surface area contributed by atoms with Crippen LogP contribution in [-0.2, 0) is 6.54 Å². The first kappa shape index (κ1) is 12.7. The second-order valence-corrected chi connectivity index (χ2v) is 4.60. The van der Waals surface area contributed by atoms with E-state index in [0.29, 0.717) is 24.0 Å². The predicted octanol–water partition coefficient (Wildman–Crippen LogP) is 2.43. The van der Waals surface area contributed by atoms with Crippen molar-refractivity contribution in [3.63, 3.8) is 0 Å². The zero-order chi connectivity index (χ0) is 13.9. The van der Waals surface area contributed by atoms with Gasteiger partial charge in [-0.05, 0) is 11.6 Å². The summed E-state index contributed by atoms with van der Waals surface area (Å²) in [6.07, 6.45) is 3.51. The molecule has 0 aliphatic heterocycles. The van der Waals surface area contributed by atoms with E-state index >= 15 is 0 Å². The van der Waals surface area contributed by atoms with E-state index in [-0.39, 0.29) is 0 Å². The molecule has 3 aromatic rings. The minimum absolute atomic E-state index is 0.577. The molecule has 6 nitrogen and oxygen atoms in total. The Morgan fingerprint density at radius 3 is 2.90 bits per heavy atom. The fourth-order valence-corrected chi connectivity index (χ4v) is 2.14. The van der Waals surface area contributed by atoms with Gasteiger partial charge in [0.1, 0.15) is 0 Å². The minimum Gasteiger partial charge on any atom is -0.363 e.